The van der Waals surface area contributed by atoms with Gasteiger partial charge in [0, 0.05) is 74.7 Å². The van der Waals surface area contributed by atoms with Gasteiger partial charge in [0.2, 0.25) is 6.79 Å². The summed E-state index contributed by atoms with van der Waals surface area (Å²) in [5, 5.41) is 0. The molecule has 4 heterocycles. The fourth-order valence-corrected chi connectivity index (χ4v) is 6.73. The zero-order chi connectivity index (χ0) is 28.5. The lowest BCUT2D eigenvalue weighted by atomic mass is 9.97. The summed E-state index contributed by atoms with van der Waals surface area (Å²) in [5.41, 5.74) is 6.63. The maximum absolute atomic E-state index is 13.2. The first-order chi connectivity index (χ1) is 19.9. The third-order valence-corrected chi connectivity index (χ3v) is 9.46. The first kappa shape index (κ1) is 27.7. The van der Waals surface area contributed by atoms with Gasteiger partial charge in [0.1, 0.15) is 0 Å². The van der Waals surface area contributed by atoms with E-state index >= 15 is 0 Å². The molecule has 0 aliphatic carbocycles. The van der Waals surface area contributed by atoms with Crippen LogP contribution in [-0.4, -0.2) is 77.2 Å². The minimum Gasteiger partial charge on any atom is -0.454 e. The summed E-state index contributed by atoms with van der Waals surface area (Å²) in [5.74, 6) is 1.82. The maximum atomic E-state index is 13.2. The number of fused-ring (bicyclic) bond motifs is 1. The standard InChI is InChI=1S/C34H42N4O3/c1-23-6-5-7-31(25(23)3)34(39)36-14-12-30(13-15-36)37-16-17-38(24(2)21-37)26(4)28-9-10-29(35-20-28)18-27-8-11-32-33(19-27)41-22-40-32/h5-11,19-20,24,26,30H,12-18,21-22H2,1-4H3/t24-,26+/m1/s1. The van der Waals surface area contributed by atoms with E-state index in [0.717, 1.165) is 80.3 Å². The van der Waals surface area contributed by atoms with Crippen LogP contribution in [0.5, 0.6) is 11.5 Å². The van der Waals surface area contributed by atoms with E-state index in [1.54, 1.807) is 0 Å². The molecule has 1 aromatic heterocycles. The highest BCUT2D eigenvalue weighted by atomic mass is 16.7. The minimum atomic E-state index is 0.187. The van der Waals surface area contributed by atoms with Crippen LogP contribution in [0.25, 0.3) is 0 Å². The highest BCUT2D eigenvalue weighted by Crippen LogP contribution is 2.33. The molecular weight excluding hydrogens is 512 g/mol. The fourth-order valence-electron chi connectivity index (χ4n) is 6.73. The number of carbonyl (C=O) groups is 1. The molecule has 2 fully saturated rings. The van der Waals surface area contributed by atoms with Gasteiger partial charge in [-0.3, -0.25) is 19.6 Å². The number of piperazine rings is 1. The molecule has 216 valence electrons. The summed E-state index contributed by atoms with van der Waals surface area (Å²) in [7, 11) is 0. The molecule has 0 radical (unpaired) electrons. The molecule has 0 N–H and O–H groups in total. The van der Waals surface area contributed by atoms with Gasteiger partial charge >= 0.3 is 0 Å². The van der Waals surface area contributed by atoms with Gasteiger partial charge in [-0.2, -0.15) is 0 Å². The van der Waals surface area contributed by atoms with Gasteiger partial charge in [0.25, 0.3) is 5.91 Å². The number of hydrogen-bond donors (Lipinski definition) is 0. The lowest BCUT2D eigenvalue weighted by Crippen LogP contribution is -2.57. The Morgan fingerprint density at radius 2 is 1.80 bits per heavy atom. The van der Waals surface area contributed by atoms with Crippen molar-refractivity contribution in [3.05, 3.63) is 88.2 Å². The number of aromatic nitrogens is 1. The lowest BCUT2D eigenvalue weighted by Gasteiger charge is -2.47. The van der Waals surface area contributed by atoms with Crippen molar-refractivity contribution in [1.82, 2.24) is 19.7 Å². The highest BCUT2D eigenvalue weighted by Gasteiger charge is 2.34. The van der Waals surface area contributed by atoms with Crippen LogP contribution >= 0.6 is 0 Å². The topological polar surface area (TPSA) is 58.1 Å². The average Bonchev–Trinajstić information content (AvgIpc) is 3.46. The molecule has 2 saturated heterocycles. The lowest BCUT2D eigenvalue weighted by molar-refractivity contribution is 0.0134. The van der Waals surface area contributed by atoms with Gasteiger partial charge in [-0.1, -0.05) is 24.3 Å². The van der Waals surface area contributed by atoms with Crippen LogP contribution in [0.4, 0.5) is 0 Å². The van der Waals surface area contributed by atoms with Crippen LogP contribution < -0.4 is 9.47 Å². The second-order valence-corrected chi connectivity index (χ2v) is 12.0. The Bertz CT molecular complexity index is 1380. The minimum absolute atomic E-state index is 0.187. The van der Waals surface area contributed by atoms with Crippen LogP contribution in [0.3, 0.4) is 0 Å². The third kappa shape index (κ3) is 5.84. The number of nitrogens with zero attached hydrogens (tertiary/aromatic N) is 4. The fraction of sp³-hybridized carbons (Fsp3) is 0.471. The van der Waals surface area contributed by atoms with Crippen molar-refractivity contribution in [2.75, 3.05) is 39.5 Å². The number of pyridine rings is 1. The summed E-state index contributed by atoms with van der Waals surface area (Å²) in [6.45, 7) is 13.9. The molecule has 7 heteroatoms. The molecular formula is C34H42N4O3. The van der Waals surface area contributed by atoms with Crippen LogP contribution in [-0.2, 0) is 6.42 Å². The van der Waals surface area contributed by atoms with Gasteiger partial charge in [-0.15, -0.1) is 0 Å². The SMILES string of the molecule is Cc1cccc(C(=O)N2CCC(N3CCN([C@@H](C)c4ccc(Cc5ccc6c(c5)OCO6)nc4)[C@H](C)C3)CC2)c1C. The highest BCUT2D eigenvalue weighted by molar-refractivity contribution is 5.96. The maximum Gasteiger partial charge on any atom is 0.254 e. The summed E-state index contributed by atoms with van der Waals surface area (Å²) in [6, 6.07) is 17.9. The first-order valence-electron chi connectivity index (χ1n) is 15.1. The van der Waals surface area contributed by atoms with E-state index in [4.69, 9.17) is 14.5 Å². The van der Waals surface area contributed by atoms with E-state index in [2.05, 4.69) is 78.9 Å². The molecule has 3 aliphatic rings. The van der Waals surface area contributed by atoms with Gasteiger partial charge < -0.3 is 14.4 Å². The zero-order valence-electron chi connectivity index (χ0n) is 24.8. The third-order valence-electron chi connectivity index (χ3n) is 9.46. The summed E-state index contributed by atoms with van der Waals surface area (Å²) >= 11 is 0. The van der Waals surface area contributed by atoms with Gasteiger partial charge in [0.05, 0.1) is 0 Å². The van der Waals surface area contributed by atoms with E-state index in [-0.39, 0.29) is 5.91 Å². The van der Waals surface area contributed by atoms with Crippen molar-refractivity contribution in [1.29, 1.82) is 0 Å². The molecule has 0 spiro atoms. The molecule has 0 saturated carbocycles. The van der Waals surface area contributed by atoms with Gasteiger partial charge in [0.15, 0.2) is 11.5 Å². The zero-order valence-corrected chi connectivity index (χ0v) is 24.8. The van der Waals surface area contributed by atoms with Gasteiger partial charge in [-0.05, 0) is 87.1 Å². The average molecular weight is 555 g/mol. The quantitative estimate of drug-likeness (QED) is 0.407. The number of hydrogen-bond acceptors (Lipinski definition) is 6. The molecule has 6 rings (SSSR count). The number of carbonyl (C=O) groups excluding carboxylic acids is 1. The molecule has 3 aromatic rings. The molecule has 7 nitrogen and oxygen atoms in total. The Hall–Kier alpha value is -3.42. The van der Waals surface area contributed by atoms with Crippen molar-refractivity contribution in [3.63, 3.8) is 0 Å². The van der Waals surface area contributed by atoms with E-state index in [1.165, 1.54) is 16.7 Å². The predicted molar refractivity (Wildman–Crippen MR) is 161 cm³/mol. The number of benzene rings is 2. The van der Waals surface area contributed by atoms with E-state index in [9.17, 15) is 4.79 Å². The Labute approximate surface area is 244 Å². The Kier molecular flexibility index (Phi) is 8.00. The largest absolute Gasteiger partial charge is 0.454 e. The number of likely N-dealkylation sites (tertiary alicyclic amines) is 1. The number of rotatable bonds is 6. The van der Waals surface area contributed by atoms with Crippen LogP contribution in [0.15, 0.2) is 54.7 Å². The van der Waals surface area contributed by atoms with Crippen molar-refractivity contribution in [3.8, 4) is 11.5 Å². The summed E-state index contributed by atoms with van der Waals surface area (Å²) in [4.78, 5) is 25.4. The second-order valence-electron chi connectivity index (χ2n) is 12.0. The molecule has 0 unspecified atom stereocenters. The summed E-state index contributed by atoms with van der Waals surface area (Å²) in [6.07, 6.45) is 4.92. The van der Waals surface area contributed by atoms with Crippen molar-refractivity contribution in [2.45, 2.75) is 65.1 Å². The predicted octanol–water partition coefficient (Wildman–Crippen LogP) is 5.39. The number of aryl methyl sites for hydroxylation is 1. The Morgan fingerprint density at radius 1 is 1.00 bits per heavy atom. The van der Waals surface area contributed by atoms with E-state index < -0.39 is 0 Å². The van der Waals surface area contributed by atoms with Crippen LogP contribution in [0.2, 0.25) is 0 Å². The van der Waals surface area contributed by atoms with Crippen molar-refractivity contribution in [2.24, 2.45) is 0 Å². The van der Waals surface area contributed by atoms with Crippen LogP contribution in [0, 0.1) is 13.8 Å². The van der Waals surface area contributed by atoms with Gasteiger partial charge in [-0.25, -0.2) is 0 Å². The monoisotopic (exact) mass is 554 g/mol. The number of ether oxygens (including phenoxy) is 2. The second kappa shape index (κ2) is 11.8. The normalized spacial score (nSPS) is 20.8. The van der Waals surface area contributed by atoms with Crippen molar-refractivity contribution < 1.29 is 14.3 Å². The summed E-state index contributed by atoms with van der Waals surface area (Å²) < 4.78 is 10.9. The number of piperidine rings is 1. The molecule has 0 bridgehead atoms. The Balaban J connectivity index is 1.01. The molecule has 3 aliphatic heterocycles. The Morgan fingerprint density at radius 3 is 2.56 bits per heavy atom. The number of amides is 1. The van der Waals surface area contributed by atoms with E-state index in [0.29, 0.717) is 24.9 Å². The molecule has 1 amide bonds. The first-order valence-corrected chi connectivity index (χ1v) is 15.1. The van der Waals surface area contributed by atoms with E-state index in [1.807, 2.05) is 18.2 Å². The molecule has 2 atom stereocenters. The molecule has 41 heavy (non-hydrogen) atoms. The van der Waals surface area contributed by atoms with Crippen molar-refractivity contribution >= 4 is 5.91 Å². The smallest absolute Gasteiger partial charge is 0.254 e. The van der Waals surface area contributed by atoms with Crippen LogP contribution in [0.1, 0.15) is 71.0 Å². The molecule has 2 aromatic carbocycles.